The van der Waals surface area contributed by atoms with E-state index in [0.717, 1.165) is 13.2 Å². The second-order valence-corrected chi connectivity index (χ2v) is 3.17. The second kappa shape index (κ2) is 2.89. The van der Waals surface area contributed by atoms with Crippen LogP contribution in [0.15, 0.2) is 0 Å². The Kier molecular flexibility index (Phi) is 1.91. The fourth-order valence-corrected chi connectivity index (χ4v) is 1.90. The van der Waals surface area contributed by atoms with Gasteiger partial charge in [-0.05, 0) is 12.8 Å². The van der Waals surface area contributed by atoms with Gasteiger partial charge in [0.2, 0.25) is 0 Å². The number of rotatable bonds is 0. The van der Waals surface area contributed by atoms with Gasteiger partial charge in [0.1, 0.15) is 0 Å². The molecule has 0 aromatic carbocycles. The molecule has 2 unspecified atom stereocenters. The molecular weight excluding hydrogens is 126 g/mol. The average molecular weight is 140 g/mol. The van der Waals surface area contributed by atoms with E-state index in [-0.39, 0.29) is 0 Å². The van der Waals surface area contributed by atoms with E-state index in [1.165, 1.54) is 25.7 Å². The summed E-state index contributed by atoms with van der Waals surface area (Å²) < 4.78 is 5.59. The summed E-state index contributed by atoms with van der Waals surface area (Å²) in [7, 11) is 0. The maximum atomic E-state index is 5.59. The number of fused-ring (bicyclic) bond motifs is 1. The molecule has 1 aliphatic carbocycles. The first kappa shape index (κ1) is 6.62. The van der Waals surface area contributed by atoms with E-state index in [9.17, 15) is 0 Å². The maximum Gasteiger partial charge on any atom is 0.0745 e. The van der Waals surface area contributed by atoms with Gasteiger partial charge in [-0.3, -0.25) is 0 Å². The smallest absolute Gasteiger partial charge is 0.0745 e. The highest BCUT2D eigenvalue weighted by Gasteiger charge is 2.28. The Morgan fingerprint density at radius 2 is 2.10 bits per heavy atom. The van der Waals surface area contributed by atoms with Crippen LogP contribution in [-0.4, -0.2) is 25.3 Å². The summed E-state index contributed by atoms with van der Waals surface area (Å²) in [6.07, 6.45) is 5.70. The van der Waals surface area contributed by atoms with Crippen LogP contribution in [0.3, 0.4) is 0 Å². The van der Waals surface area contributed by atoms with Gasteiger partial charge in [-0.25, -0.2) is 5.32 Å². The SMILES string of the molecule is C1CCC2OCC[N]C2C1. The molecule has 0 N–H and O–H groups in total. The first-order valence-electron chi connectivity index (χ1n) is 4.25. The van der Waals surface area contributed by atoms with Crippen molar-refractivity contribution in [1.29, 1.82) is 0 Å². The summed E-state index contributed by atoms with van der Waals surface area (Å²) in [5.74, 6) is 0. The van der Waals surface area contributed by atoms with Crippen molar-refractivity contribution in [2.75, 3.05) is 13.2 Å². The summed E-state index contributed by atoms with van der Waals surface area (Å²) in [6, 6.07) is 0.558. The summed E-state index contributed by atoms with van der Waals surface area (Å²) in [4.78, 5) is 0. The lowest BCUT2D eigenvalue weighted by Gasteiger charge is -2.34. The molecular formula is C8H14NO. The van der Waals surface area contributed by atoms with Crippen LogP contribution in [0.25, 0.3) is 0 Å². The van der Waals surface area contributed by atoms with E-state index in [1.807, 2.05) is 0 Å². The van der Waals surface area contributed by atoms with Gasteiger partial charge < -0.3 is 4.74 Å². The van der Waals surface area contributed by atoms with Crippen molar-refractivity contribution in [3.63, 3.8) is 0 Å². The number of morpholine rings is 1. The van der Waals surface area contributed by atoms with Crippen molar-refractivity contribution in [3.8, 4) is 0 Å². The molecule has 0 spiro atoms. The fraction of sp³-hybridized carbons (Fsp3) is 1.00. The third-order valence-electron chi connectivity index (χ3n) is 2.45. The minimum atomic E-state index is 0.488. The average Bonchev–Trinajstić information content (AvgIpc) is 2.05. The highest BCUT2D eigenvalue weighted by Crippen LogP contribution is 2.23. The zero-order chi connectivity index (χ0) is 6.81. The molecule has 10 heavy (non-hydrogen) atoms. The second-order valence-electron chi connectivity index (χ2n) is 3.17. The minimum Gasteiger partial charge on any atom is -0.375 e. The first-order chi connectivity index (χ1) is 4.97. The highest BCUT2D eigenvalue weighted by molar-refractivity contribution is 4.83. The summed E-state index contributed by atoms with van der Waals surface area (Å²) in [6.45, 7) is 1.79. The molecule has 2 rings (SSSR count). The monoisotopic (exact) mass is 140 g/mol. The number of nitrogens with zero attached hydrogens (tertiary/aromatic N) is 1. The van der Waals surface area contributed by atoms with E-state index < -0.39 is 0 Å². The van der Waals surface area contributed by atoms with Gasteiger partial charge in [0, 0.05) is 6.54 Å². The van der Waals surface area contributed by atoms with Crippen LogP contribution >= 0.6 is 0 Å². The predicted molar refractivity (Wildman–Crippen MR) is 39.0 cm³/mol. The van der Waals surface area contributed by atoms with Gasteiger partial charge in [-0.1, -0.05) is 12.8 Å². The van der Waals surface area contributed by atoms with Gasteiger partial charge in [-0.15, -0.1) is 0 Å². The molecule has 0 amide bonds. The summed E-state index contributed by atoms with van der Waals surface area (Å²) >= 11 is 0. The zero-order valence-electron chi connectivity index (χ0n) is 6.25. The molecule has 2 heteroatoms. The van der Waals surface area contributed by atoms with Gasteiger partial charge in [0.05, 0.1) is 18.8 Å². The lowest BCUT2D eigenvalue weighted by atomic mass is 9.92. The van der Waals surface area contributed by atoms with Crippen molar-refractivity contribution in [2.45, 2.75) is 37.8 Å². The van der Waals surface area contributed by atoms with E-state index in [2.05, 4.69) is 5.32 Å². The molecule has 2 atom stereocenters. The number of ether oxygens (including phenoxy) is 1. The topological polar surface area (TPSA) is 23.3 Å². The molecule has 2 aliphatic rings. The van der Waals surface area contributed by atoms with Crippen molar-refractivity contribution in [2.24, 2.45) is 0 Å². The zero-order valence-corrected chi connectivity index (χ0v) is 6.25. The molecule has 57 valence electrons. The quantitative estimate of drug-likeness (QED) is 0.491. The molecule has 0 bridgehead atoms. The Morgan fingerprint density at radius 1 is 1.20 bits per heavy atom. The van der Waals surface area contributed by atoms with E-state index in [1.54, 1.807) is 0 Å². The molecule has 1 saturated carbocycles. The number of hydrogen-bond donors (Lipinski definition) is 0. The fourth-order valence-electron chi connectivity index (χ4n) is 1.90. The van der Waals surface area contributed by atoms with Crippen LogP contribution in [0, 0.1) is 0 Å². The van der Waals surface area contributed by atoms with Gasteiger partial charge in [-0.2, -0.15) is 0 Å². The molecule has 2 nitrogen and oxygen atoms in total. The number of hydrogen-bond acceptors (Lipinski definition) is 1. The third kappa shape index (κ3) is 1.18. The Labute approximate surface area is 61.9 Å². The molecule has 1 saturated heterocycles. The Balaban J connectivity index is 1.93. The first-order valence-corrected chi connectivity index (χ1v) is 4.25. The van der Waals surface area contributed by atoms with Crippen LogP contribution in [0.5, 0.6) is 0 Å². The Hall–Kier alpha value is -0.0800. The normalized spacial score (nSPS) is 40.8. The molecule has 1 aliphatic heterocycles. The summed E-state index contributed by atoms with van der Waals surface area (Å²) in [5.41, 5.74) is 0. The highest BCUT2D eigenvalue weighted by atomic mass is 16.5. The van der Waals surface area contributed by atoms with E-state index in [4.69, 9.17) is 4.74 Å². The van der Waals surface area contributed by atoms with E-state index in [0.29, 0.717) is 12.1 Å². The van der Waals surface area contributed by atoms with Crippen LogP contribution in [0.2, 0.25) is 0 Å². The predicted octanol–water partition coefficient (Wildman–Crippen LogP) is 0.932. The van der Waals surface area contributed by atoms with Crippen LogP contribution in [0.4, 0.5) is 0 Å². The van der Waals surface area contributed by atoms with E-state index >= 15 is 0 Å². The minimum absolute atomic E-state index is 0.488. The lowest BCUT2D eigenvalue weighted by Crippen LogP contribution is -2.45. The third-order valence-corrected chi connectivity index (χ3v) is 2.45. The van der Waals surface area contributed by atoms with Gasteiger partial charge in [0.15, 0.2) is 0 Å². The molecule has 0 aromatic rings. The molecule has 1 radical (unpaired) electrons. The van der Waals surface area contributed by atoms with Crippen LogP contribution < -0.4 is 5.32 Å². The lowest BCUT2D eigenvalue weighted by molar-refractivity contribution is -0.0254. The van der Waals surface area contributed by atoms with Crippen molar-refractivity contribution >= 4 is 0 Å². The Bertz CT molecular complexity index is 89.8. The maximum absolute atomic E-state index is 5.59. The standard InChI is InChI=1S/C8H14NO/c1-2-4-8-7(3-1)9-5-6-10-8/h7-8H,1-6H2. The largest absolute Gasteiger partial charge is 0.375 e. The molecule has 2 fully saturated rings. The molecule has 1 heterocycles. The molecule has 0 aromatic heterocycles. The van der Waals surface area contributed by atoms with Crippen molar-refractivity contribution < 1.29 is 4.74 Å². The van der Waals surface area contributed by atoms with Crippen LogP contribution in [0.1, 0.15) is 25.7 Å². The van der Waals surface area contributed by atoms with Gasteiger partial charge in [0.25, 0.3) is 0 Å². The van der Waals surface area contributed by atoms with Gasteiger partial charge >= 0.3 is 0 Å². The summed E-state index contributed by atoms with van der Waals surface area (Å²) in [5, 5.41) is 4.53. The van der Waals surface area contributed by atoms with Crippen molar-refractivity contribution in [1.82, 2.24) is 5.32 Å². The van der Waals surface area contributed by atoms with Crippen molar-refractivity contribution in [3.05, 3.63) is 0 Å². The van der Waals surface area contributed by atoms with Crippen LogP contribution in [-0.2, 0) is 4.74 Å². The Morgan fingerprint density at radius 3 is 3.00 bits per heavy atom.